The van der Waals surface area contributed by atoms with E-state index in [1.807, 2.05) is 45.0 Å². The van der Waals surface area contributed by atoms with Gasteiger partial charge in [0.05, 0.1) is 6.54 Å². The van der Waals surface area contributed by atoms with Crippen molar-refractivity contribution in [1.29, 1.82) is 0 Å². The van der Waals surface area contributed by atoms with Crippen LogP contribution in [0.15, 0.2) is 24.3 Å². The molecule has 0 saturated carbocycles. The zero-order chi connectivity index (χ0) is 15.1. The first-order valence-corrected chi connectivity index (χ1v) is 6.67. The van der Waals surface area contributed by atoms with Gasteiger partial charge in [0.2, 0.25) is 12.3 Å². The van der Waals surface area contributed by atoms with Gasteiger partial charge in [-0.1, -0.05) is 51.8 Å². The molecule has 0 fully saturated rings. The molecule has 0 bridgehead atoms. The number of amides is 2. The Morgan fingerprint density at radius 2 is 1.63 bits per heavy atom. The fourth-order valence-corrected chi connectivity index (χ4v) is 0.976. The molecule has 0 aliphatic heterocycles. The van der Waals surface area contributed by atoms with E-state index in [-0.39, 0.29) is 12.5 Å². The summed E-state index contributed by atoms with van der Waals surface area (Å²) in [5, 5.41) is 4.93. The third-order valence-corrected chi connectivity index (χ3v) is 1.68. The monoisotopic (exact) mass is 266 g/mol. The average Bonchev–Trinajstić information content (AvgIpc) is 2.42. The minimum atomic E-state index is -0.235. The Kier molecular flexibility index (Phi) is 14.6. The van der Waals surface area contributed by atoms with Gasteiger partial charge in [0.25, 0.3) is 0 Å². The zero-order valence-electron chi connectivity index (χ0n) is 12.6. The molecule has 2 N–H and O–H groups in total. The van der Waals surface area contributed by atoms with Gasteiger partial charge in [0.1, 0.15) is 0 Å². The van der Waals surface area contributed by atoms with Crippen molar-refractivity contribution in [2.24, 2.45) is 0 Å². The van der Waals surface area contributed by atoms with E-state index < -0.39 is 0 Å². The van der Waals surface area contributed by atoms with Gasteiger partial charge in [-0.3, -0.25) is 9.59 Å². The van der Waals surface area contributed by atoms with Crippen LogP contribution in [0.1, 0.15) is 39.7 Å². The van der Waals surface area contributed by atoms with E-state index in [1.54, 1.807) is 0 Å². The van der Waals surface area contributed by atoms with Crippen molar-refractivity contribution < 1.29 is 9.59 Å². The maximum atomic E-state index is 11.1. The highest BCUT2D eigenvalue weighted by Crippen LogP contribution is 2.07. The molecule has 19 heavy (non-hydrogen) atoms. The van der Waals surface area contributed by atoms with E-state index in [2.05, 4.69) is 24.5 Å². The lowest BCUT2D eigenvalue weighted by Gasteiger charge is -2.04. The highest BCUT2D eigenvalue weighted by molar-refractivity contribution is 5.93. The molecule has 4 heteroatoms. The van der Waals surface area contributed by atoms with E-state index in [4.69, 9.17) is 0 Å². The molecule has 0 aliphatic carbocycles. The van der Waals surface area contributed by atoms with Crippen molar-refractivity contribution in [3.63, 3.8) is 0 Å². The molecule has 1 rings (SSSR count). The normalized spacial score (nSPS) is 8.05. The first kappa shape index (κ1) is 19.5. The number of aryl methyl sites for hydroxylation is 1. The summed E-state index contributed by atoms with van der Waals surface area (Å²) in [5.41, 5.74) is 1.86. The van der Waals surface area contributed by atoms with E-state index in [9.17, 15) is 9.59 Å². The molecule has 0 aromatic heterocycles. The van der Waals surface area contributed by atoms with Crippen molar-refractivity contribution in [1.82, 2.24) is 5.32 Å². The highest BCUT2D eigenvalue weighted by Gasteiger charge is 1.99. The lowest BCUT2D eigenvalue weighted by atomic mass is 10.2. The molecule has 1 aromatic rings. The van der Waals surface area contributed by atoms with Crippen molar-refractivity contribution in [3.05, 3.63) is 29.8 Å². The predicted molar refractivity (Wildman–Crippen MR) is 81.2 cm³/mol. The molecular formula is C15H26N2O2. The summed E-state index contributed by atoms with van der Waals surface area (Å²) < 4.78 is 0. The van der Waals surface area contributed by atoms with E-state index in [1.165, 1.54) is 6.42 Å². The summed E-state index contributed by atoms with van der Waals surface area (Å²) in [5.74, 6) is -0.235. The highest BCUT2D eigenvalue weighted by atomic mass is 16.2. The summed E-state index contributed by atoms with van der Waals surface area (Å²) in [7, 11) is 0. The number of anilines is 1. The SMILES string of the molecule is CC.CCC.Cc1ccc(NC(=O)CNC=O)cc1. The van der Waals surface area contributed by atoms with Crippen LogP contribution >= 0.6 is 0 Å². The smallest absolute Gasteiger partial charge is 0.243 e. The van der Waals surface area contributed by atoms with Crippen LogP contribution < -0.4 is 10.6 Å². The van der Waals surface area contributed by atoms with Gasteiger partial charge in [-0.25, -0.2) is 0 Å². The quantitative estimate of drug-likeness (QED) is 0.823. The Bertz CT molecular complexity index is 335. The fourth-order valence-electron chi connectivity index (χ4n) is 0.976. The summed E-state index contributed by atoms with van der Waals surface area (Å²) in [6.45, 7) is 10.2. The number of hydrogen-bond acceptors (Lipinski definition) is 2. The Labute approximate surface area is 116 Å². The van der Waals surface area contributed by atoms with Crippen molar-refractivity contribution in [2.75, 3.05) is 11.9 Å². The standard InChI is InChI=1S/C10H12N2O2.C3H8.C2H6/c1-8-2-4-9(5-3-8)12-10(14)6-11-7-13;1-3-2;1-2/h2-5,7H,6H2,1H3,(H,11,13)(H,12,14);3H2,1-2H3;1-2H3. The van der Waals surface area contributed by atoms with Crippen LogP contribution in [-0.2, 0) is 9.59 Å². The second kappa shape index (κ2) is 14.2. The maximum Gasteiger partial charge on any atom is 0.243 e. The second-order valence-electron chi connectivity index (χ2n) is 3.62. The van der Waals surface area contributed by atoms with Crippen LogP contribution in [0.3, 0.4) is 0 Å². The minimum absolute atomic E-state index is 0.00260. The Morgan fingerprint density at radius 3 is 2.05 bits per heavy atom. The van der Waals surface area contributed by atoms with Gasteiger partial charge < -0.3 is 10.6 Å². The first-order chi connectivity index (χ1) is 9.13. The Hall–Kier alpha value is -1.84. The van der Waals surface area contributed by atoms with Crippen molar-refractivity contribution in [2.45, 2.75) is 41.0 Å². The summed E-state index contributed by atoms with van der Waals surface area (Å²) in [4.78, 5) is 21.0. The topological polar surface area (TPSA) is 58.2 Å². The molecule has 0 saturated heterocycles. The van der Waals surface area contributed by atoms with Crippen LogP contribution in [0.4, 0.5) is 5.69 Å². The predicted octanol–water partition coefficient (Wildman–Crippen LogP) is 3.12. The Morgan fingerprint density at radius 1 is 1.16 bits per heavy atom. The molecule has 0 radical (unpaired) electrons. The van der Waals surface area contributed by atoms with Crippen LogP contribution in [0.5, 0.6) is 0 Å². The molecule has 0 unspecified atom stereocenters. The van der Waals surface area contributed by atoms with Gasteiger partial charge in [0, 0.05) is 5.69 Å². The molecule has 0 aliphatic rings. The van der Waals surface area contributed by atoms with Crippen LogP contribution in [-0.4, -0.2) is 18.9 Å². The number of carbonyl (C=O) groups is 2. The van der Waals surface area contributed by atoms with Crippen LogP contribution in [0.25, 0.3) is 0 Å². The largest absolute Gasteiger partial charge is 0.350 e. The third-order valence-electron chi connectivity index (χ3n) is 1.68. The average molecular weight is 266 g/mol. The van der Waals surface area contributed by atoms with Crippen molar-refractivity contribution >= 4 is 18.0 Å². The summed E-state index contributed by atoms with van der Waals surface area (Å²) in [6.07, 6.45) is 1.74. The molecule has 2 amide bonds. The number of rotatable bonds is 4. The maximum absolute atomic E-state index is 11.1. The van der Waals surface area contributed by atoms with E-state index in [0.29, 0.717) is 6.41 Å². The summed E-state index contributed by atoms with van der Waals surface area (Å²) >= 11 is 0. The zero-order valence-corrected chi connectivity index (χ0v) is 12.6. The Balaban J connectivity index is 0. The molecule has 1 aromatic carbocycles. The van der Waals surface area contributed by atoms with Crippen LogP contribution in [0, 0.1) is 6.92 Å². The fraction of sp³-hybridized carbons (Fsp3) is 0.467. The molecule has 0 spiro atoms. The molecule has 4 nitrogen and oxygen atoms in total. The molecular weight excluding hydrogens is 240 g/mol. The van der Waals surface area contributed by atoms with Gasteiger partial charge in [-0.15, -0.1) is 0 Å². The molecule has 0 atom stereocenters. The number of carbonyl (C=O) groups excluding carboxylic acids is 2. The summed E-state index contributed by atoms with van der Waals surface area (Å²) in [6, 6.07) is 7.44. The third kappa shape index (κ3) is 12.4. The lowest BCUT2D eigenvalue weighted by Crippen LogP contribution is -2.26. The van der Waals surface area contributed by atoms with Gasteiger partial charge in [0.15, 0.2) is 0 Å². The van der Waals surface area contributed by atoms with E-state index in [0.717, 1.165) is 11.3 Å². The van der Waals surface area contributed by atoms with E-state index >= 15 is 0 Å². The number of nitrogens with one attached hydrogen (secondary N) is 2. The second-order valence-corrected chi connectivity index (χ2v) is 3.62. The van der Waals surface area contributed by atoms with Gasteiger partial charge in [-0.2, -0.15) is 0 Å². The van der Waals surface area contributed by atoms with Gasteiger partial charge in [-0.05, 0) is 19.1 Å². The number of hydrogen-bond donors (Lipinski definition) is 2. The number of benzene rings is 1. The van der Waals surface area contributed by atoms with Gasteiger partial charge >= 0.3 is 0 Å². The first-order valence-electron chi connectivity index (χ1n) is 6.67. The molecule has 108 valence electrons. The lowest BCUT2D eigenvalue weighted by molar-refractivity contribution is -0.118. The van der Waals surface area contributed by atoms with Crippen molar-refractivity contribution in [3.8, 4) is 0 Å². The minimum Gasteiger partial charge on any atom is -0.350 e. The van der Waals surface area contributed by atoms with Crippen LogP contribution in [0.2, 0.25) is 0 Å². The molecule has 0 heterocycles.